The first-order valence-electron chi connectivity index (χ1n) is 3.97. The molecule has 1 aromatic heterocycles. The van der Waals surface area contributed by atoms with E-state index in [1.165, 1.54) is 16.9 Å². The predicted molar refractivity (Wildman–Crippen MR) is 53.4 cm³/mol. The number of nitrogens with zero attached hydrogens (tertiary/aromatic N) is 1. The van der Waals surface area contributed by atoms with Crippen molar-refractivity contribution in [3.05, 3.63) is 41.5 Å². The van der Waals surface area contributed by atoms with Crippen molar-refractivity contribution < 1.29 is 4.74 Å². The second-order valence-electron chi connectivity index (χ2n) is 2.74. The summed E-state index contributed by atoms with van der Waals surface area (Å²) in [5, 5.41) is 0.823. The van der Waals surface area contributed by atoms with E-state index in [4.69, 9.17) is 4.74 Å². The van der Waals surface area contributed by atoms with Gasteiger partial charge in [0.1, 0.15) is 5.75 Å². The Morgan fingerprint density at radius 2 is 2.00 bits per heavy atom. The van der Waals surface area contributed by atoms with Gasteiger partial charge in [-0.1, -0.05) is 29.0 Å². The van der Waals surface area contributed by atoms with Gasteiger partial charge in [-0.05, 0) is 19.1 Å². The summed E-state index contributed by atoms with van der Waals surface area (Å²) < 4.78 is 5.53. The van der Waals surface area contributed by atoms with Crippen LogP contribution >= 0.6 is 11.3 Å². The summed E-state index contributed by atoms with van der Waals surface area (Å²) >= 11 is 1.49. The number of aromatic nitrogens is 1. The van der Waals surface area contributed by atoms with E-state index in [1.807, 2.05) is 24.3 Å². The number of hydrogen-bond acceptors (Lipinski definition) is 3. The van der Waals surface area contributed by atoms with Gasteiger partial charge in [-0.15, -0.1) is 0 Å². The maximum atomic E-state index is 5.53. The maximum Gasteiger partial charge on any atom is 0.200 e. The lowest BCUT2D eigenvalue weighted by atomic mass is 10.2. The van der Waals surface area contributed by atoms with Crippen molar-refractivity contribution in [1.82, 2.24) is 4.98 Å². The van der Waals surface area contributed by atoms with Gasteiger partial charge in [0.15, 0.2) is 0 Å². The molecule has 0 fully saturated rings. The molecule has 0 bridgehead atoms. The highest BCUT2D eigenvalue weighted by Gasteiger charge is 1.96. The van der Waals surface area contributed by atoms with Gasteiger partial charge in [0.2, 0.25) is 5.06 Å². The summed E-state index contributed by atoms with van der Waals surface area (Å²) in [6, 6.07) is 7.96. The minimum atomic E-state index is 0.823. The number of benzene rings is 1. The molecule has 0 unspecified atom stereocenters. The highest BCUT2D eigenvalue weighted by molar-refractivity contribution is 7.11. The molecule has 1 heterocycles. The fourth-order valence-electron chi connectivity index (χ4n) is 0.977. The van der Waals surface area contributed by atoms with Crippen LogP contribution in [0.5, 0.6) is 10.8 Å². The van der Waals surface area contributed by atoms with Gasteiger partial charge in [-0.25, -0.2) is 4.98 Å². The smallest absolute Gasteiger partial charge is 0.200 e. The van der Waals surface area contributed by atoms with Gasteiger partial charge >= 0.3 is 0 Å². The molecule has 0 aliphatic heterocycles. The normalized spacial score (nSPS) is 9.92. The van der Waals surface area contributed by atoms with E-state index in [9.17, 15) is 0 Å². The lowest BCUT2D eigenvalue weighted by molar-refractivity contribution is 0.495. The average Bonchev–Trinajstić information content (AvgIpc) is 2.62. The first kappa shape index (κ1) is 8.26. The van der Waals surface area contributed by atoms with Crippen LogP contribution in [0.3, 0.4) is 0 Å². The first-order chi connectivity index (χ1) is 6.34. The molecule has 0 aliphatic rings. The van der Waals surface area contributed by atoms with Crippen molar-refractivity contribution >= 4 is 11.3 Å². The molecule has 0 atom stereocenters. The molecule has 13 heavy (non-hydrogen) atoms. The van der Waals surface area contributed by atoms with E-state index >= 15 is 0 Å². The number of ether oxygens (including phenoxy) is 1. The molecule has 2 rings (SSSR count). The Morgan fingerprint density at radius 3 is 2.62 bits per heavy atom. The third kappa shape index (κ3) is 2.06. The lowest BCUT2D eigenvalue weighted by Crippen LogP contribution is -1.80. The molecule has 2 aromatic rings. The summed E-state index contributed by atoms with van der Waals surface area (Å²) in [7, 11) is 0. The Balaban J connectivity index is 2.15. The number of hydrogen-bond donors (Lipinski definition) is 0. The third-order valence-electron chi connectivity index (χ3n) is 1.65. The van der Waals surface area contributed by atoms with Crippen molar-refractivity contribution in [3.8, 4) is 10.8 Å². The van der Waals surface area contributed by atoms with E-state index < -0.39 is 0 Å². The summed E-state index contributed by atoms with van der Waals surface area (Å²) in [6.07, 6.45) is 1.71. The molecule has 0 radical (unpaired) electrons. The molecular weight excluding hydrogens is 182 g/mol. The van der Waals surface area contributed by atoms with Crippen molar-refractivity contribution in [2.24, 2.45) is 0 Å². The summed E-state index contributed by atoms with van der Waals surface area (Å²) in [4.78, 5) is 3.93. The number of aryl methyl sites for hydroxylation is 1. The van der Waals surface area contributed by atoms with Crippen LogP contribution in [0.4, 0.5) is 0 Å². The van der Waals surface area contributed by atoms with Crippen LogP contribution < -0.4 is 4.74 Å². The SMILES string of the molecule is Cc1ccc(Oc2cncs2)cc1. The number of thiazole rings is 1. The van der Waals surface area contributed by atoms with E-state index in [1.54, 1.807) is 11.7 Å². The van der Waals surface area contributed by atoms with E-state index in [2.05, 4.69) is 11.9 Å². The topological polar surface area (TPSA) is 22.1 Å². The molecule has 0 amide bonds. The van der Waals surface area contributed by atoms with Gasteiger partial charge in [-0.2, -0.15) is 0 Å². The van der Waals surface area contributed by atoms with Crippen molar-refractivity contribution in [1.29, 1.82) is 0 Å². The molecular formula is C10H9NOS. The molecule has 0 saturated carbocycles. The standard InChI is InChI=1S/C10H9NOS/c1-8-2-4-9(5-3-8)12-10-6-11-7-13-10/h2-7H,1H3. The van der Waals surface area contributed by atoms with Crippen molar-refractivity contribution in [3.63, 3.8) is 0 Å². The fraction of sp³-hybridized carbons (Fsp3) is 0.100. The van der Waals surface area contributed by atoms with Crippen LogP contribution in [-0.2, 0) is 0 Å². The lowest BCUT2D eigenvalue weighted by Gasteiger charge is -2.01. The molecule has 0 spiro atoms. The van der Waals surface area contributed by atoms with Gasteiger partial charge in [0, 0.05) is 0 Å². The van der Waals surface area contributed by atoms with Crippen LogP contribution in [0.1, 0.15) is 5.56 Å². The monoisotopic (exact) mass is 191 g/mol. The zero-order valence-electron chi connectivity index (χ0n) is 7.23. The van der Waals surface area contributed by atoms with E-state index in [0.717, 1.165) is 10.8 Å². The maximum absolute atomic E-state index is 5.53. The molecule has 0 aliphatic carbocycles. The molecule has 0 saturated heterocycles. The Labute approximate surface area is 80.8 Å². The fourth-order valence-corrected chi connectivity index (χ4v) is 1.47. The second-order valence-corrected chi connectivity index (χ2v) is 3.58. The minimum Gasteiger partial charge on any atom is -0.445 e. The molecule has 3 heteroatoms. The second kappa shape index (κ2) is 3.58. The van der Waals surface area contributed by atoms with Gasteiger partial charge in [-0.3, -0.25) is 0 Å². The zero-order chi connectivity index (χ0) is 9.10. The van der Waals surface area contributed by atoms with Crippen LogP contribution in [0, 0.1) is 6.92 Å². The highest BCUT2D eigenvalue weighted by atomic mass is 32.1. The van der Waals surface area contributed by atoms with Crippen LogP contribution in [0.15, 0.2) is 36.0 Å². The Bertz CT molecular complexity index is 366. The number of rotatable bonds is 2. The molecule has 2 nitrogen and oxygen atoms in total. The zero-order valence-corrected chi connectivity index (χ0v) is 8.04. The van der Waals surface area contributed by atoms with Gasteiger partial charge in [0.25, 0.3) is 0 Å². The summed E-state index contributed by atoms with van der Waals surface area (Å²) in [6.45, 7) is 2.05. The Morgan fingerprint density at radius 1 is 1.23 bits per heavy atom. The summed E-state index contributed by atoms with van der Waals surface area (Å²) in [5.74, 6) is 0.856. The van der Waals surface area contributed by atoms with Crippen molar-refractivity contribution in [2.45, 2.75) is 6.92 Å². The Kier molecular flexibility index (Phi) is 2.27. The third-order valence-corrected chi connectivity index (χ3v) is 2.30. The van der Waals surface area contributed by atoms with Gasteiger partial charge < -0.3 is 4.74 Å². The quantitative estimate of drug-likeness (QED) is 0.727. The predicted octanol–water partition coefficient (Wildman–Crippen LogP) is 3.24. The first-order valence-corrected chi connectivity index (χ1v) is 4.85. The largest absolute Gasteiger partial charge is 0.445 e. The van der Waals surface area contributed by atoms with Crippen LogP contribution in [0.2, 0.25) is 0 Å². The van der Waals surface area contributed by atoms with Crippen molar-refractivity contribution in [2.75, 3.05) is 0 Å². The Hall–Kier alpha value is -1.35. The minimum absolute atomic E-state index is 0.823. The van der Waals surface area contributed by atoms with Crippen LogP contribution in [-0.4, -0.2) is 4.98 Å². The van der Waals surface area contributed by atoms with Crippen LogP contribution in [0.25, 0.3) is 0 Å². The van der Waals surface area contributed by atoms with E-state index in [-0.39, 0.29) is 0 Å². The van der Waals surface area contributed by atoms with E-state index in [0.29, 0.717) is 0 Å². The molecule has 66 valence electrons. The highest BCUT2D eigenvalue weighted by Crippen LogP contribution is 2.24. The van der Waals surface area contributed by atoms with Gasteiger partial charge in [0.05, 0.1) is 11.7 Å². The molecule has 1 aromatic carbocycles. The molecule has 0 N–H and O–H groups in total. The summed E-state index contributed by atoms with van der Waals surface area (Å²) in [5.41, 5.74) is 2.99. The average molecular weight is 191 g/mol.